The van der Waals surface area contributed by atoms with Gasteiger partial charge in [-0.1, -0.05) is 11.6 Å². The van der Waals surface area contributed by atoms with Gasteiger partial charge in [-0.05, 0) is 117 Å². The molecule has 2 atom stereocenters. The first-order valence-electron chi connectivity index (χ1n) is 21.0. The van der Waals surface area contributed by atoms with Gasteiger partial charge in [0.25, 0.3) is 11.8 Å². The van der Waals surface area contributed by atoms with Crippen molar-refractivity contribution in [1.29, 1.82) is 5.26 Å². The van der Waals surface area contributed by atoms with Crippen LogP contribution in [0.4, 0.5) is 21.5 Å². The molecule has 8 rings (SSSR count). The molecule has 2 N–H and O–H groups in total. The number of benzene rings is 3. The zero-order valence-electron chi connectivity index (χ0n) is 33.6. The lowest BCUT2D eigenvalue weighted by molar-refractivity contribution is -0.134. The number of carbonyl (C=O) groups is 4. The van der Waals surface area contributed by atoms with Crippen molar-refractivity contribution >= 4 is 52.3 Å². The predicted molar refractivity (Wildman–Crippen MR) is 225 cm³/mol. The van der Waals surface area contributed by atoms with Gasteiger partial charge < -0.3 is 24.9 Å². The molecule has 0 saturated carbocycles. The molecular formula is C45H52ClFN8O4. The predicted octanol–water partition coefficient (Wildman–Crippen LogP) is 5.45. The summed E-state index contributed by atoms with van der Waals surface area (Å²) < 4.78 is 15.1. The normalized spacial score (nSPS) is 22.7. The first-order chi connectivity index (χ1) is 28.5. The van der Waals surface area contributed by atoms with Crippen molar-refractivity contribution in [2.75, 3.05) is 80.1 Å². The van der Waals surface area contributed by atoms with Crippen LogP contribution in [0.25, 0.3) is 0 Å². The van der Waals surface area contributed by atoms with Crippen LogP contribution in [0.2, 0.25) is 5.02 Å². The molecule has 0 bridgehead atoms. The van der Waals surface area contributed by atoms with Gasteiger partial charge in [0.05, 0.1) is 16.1 Å². The summed E-state index contributed by atoms with van der Waals surface area (Å²) in [5.74, 6) is -1.68. The van der Waals surface area contributed by atoms with E-state index in [4.69, 9.17) is 11.6 Å². The number of amides is 4. The minimum atomic E-state index is -0.864. The number of carbonyl (C=O) groups excluding carboxylic acids is 4. The Balaban J connectivity index is 0.757. The number of piperidine rings is 3. The second kappa shape index (κ2) is 17.2. The molecule has 59 heavy (non-hydrogen) atoms. The molecule has 310 valence electrons. The molecule has 0 aliphatic carbocycles. The Labute approximate surface area is 350 Å². The summed E-state index contributed by atoms with van der Waals surface area (Å²) in [4.78, 5) is 61.1. The lowest BCUT2D eigenvalue weighted by Crippen LogP contribution is -2.52. The van der Waals surface area contributed by atoms with Gasteiger partial charge in [-0.3, -0.25) is 29.4 Å². The number of hydrogen-bond acceptors (Lipinski definition) is 9. The fourth-order valence-electron chi connectivity index (χ4n) is 9.86. The highest BCUT2D eigenvalue weighted by atomic mass is 35.5. The maximum absolute atomic E-state index is 15.1. The molecule has 5 saturated heterocycles. The summed E-state index contributed by atoms with van der Waals surface area (Å²) in [5.41, 5.74) is 4.32. The molecule has 14 heteroatoms. The third-order valence-corrected chi connectivity index (χ3v) is 13.7. The fourth-order valence-corrected chi connectivity index (χ4v) is 10.1. The van der Waals surface area contributed by atoms with E-state index in [1.807, 2.05) is 35.2 Å². The van der Waals surface area contributed by atoms with E-state index in [1.165, 1.54) is 12.1 Å². The Kier molecular flexibility index (Phi) is 11.8. The van der Waals surface area contributed by atoms with Crippen molar-refractivity contribution in [1.82, 2.24) is 20.4 Å². The van der Waals surface area contributed by atoms with Crippen LogP contribution in [0.15, 0.2) is 60.7 Å². The Morgan fingerprint density at radius 3 is 2.22 bits per heavy atom. The highest BCUT2D eigenvalue weighted by Crippen LogP contribution is 2.46. The van der Waals surface area contributed by atoms with Gasteiger partial charge in [0.1, 0.15) is 17.9 Å². The molecule has 12 nitrogen and oxygen atoms in total. The number of rotatable bonds is 8. The van der Waals surface area contributed by atoms with Gasteiger partial charge in [0.15, 0.2) is 0 Å². The summed E-state index contributed by atoms with van der Waals surface area (Å²) in [6, 6.07) is 20.2. The number of halogens is 2. The van der Waals surface area contributed by atoms with Crippen LogP contribution in [0.5, 0.6) is 0 Å². The molecule has 5 aliphatic heterocycles. The number of piperazine rings is 1. The van der Waals surface area contributed by atoms with E-state index in [-0.39, 0.29) is 35.6 Å². The Morgan fingerprint density at radius 1 is 0.881 bits per heavy atom. The largest absolute Gasteiger partial charge is 0.371 e. The molecule has 5 fully saturated rings. The molecule has 1 spiro atoms. The van der Waals surface area contributed by atoms with Crippen molar-refractivity contribution in [3.05, 3.63) is 88.2 Å². The van der Waals surface area contributed by atoms with E-state index in [1.54, 1.807) is 6.07 Å². The first kappa shape index (κ1) is 40.6. The average molecular weight is 823 g/mol. The average Bonchev–Trinajstić information content (AvgIpc) is 3.57. The number of imide groups is 1. The van der Waals surface area contributed by atoms with Gasteiger partial charge in [0, 0.05) is 101 Å². The lowest BCUT2D eigenvalue weighted by Gasteiger charge is -2.40. The summed E-state index contributed by atoms with van der Waals surface area (Å²) in [7, 11) is 0. The monoisotopic (exact) mass is 822 g/mol. The number of nitrogens with one attached hydrogen (secondary N) is 2. The van der Waals surface area contributed by atoms with Gasteiger partial charge in [-0.25, -0.2) is 4.39 Å². The van der Waals surface area contributed by atoms with Gasteiger partial charge in [-0.15, -0.1) is 0 Å². The van der Waals surface area contributed by atoms with Crippen LogP contribution >= 0.6 is 11.6 Å². The molecule has 0 radical (unpaired) electrons. The van der Waals surface area contributed by atoms with Crippen LogP contribution in [-0.4, -0.2) is 111 Å². The van der Waals surface area contributed by atoms with Gasteiger partial charge in [-0.2, -0.15) is 5.26 Å². The summed E-state index contributed by atoms with van der Waals surface area (Å²) in [5, 5.41) is 14.5. The van der Waals surface area contributed by atoms with Crippen LogP contribution in [-0.2, 0) is 9.59 Å². The molecular weight excluding hydrogens is 771 g/mol. The second-order valence-electron chi connectivity index (χ2n) is 17.2. The third-order valence-electron chi connectivity index (χ3n) is 13.4. The number of nitrogens with zero attached hydrogens (tertiary/aromatic N) is 6. The maximum atomic E-state index is 15.1. The SMILES string of the molecule is C[C@H]1CC2(CCN(c3ccc(C(=O)N4CCC(CN5CCN(c6ccc(C(=O)NC7CCC(=O)NC7=O)c(F)c6)CC5)CC4)cc3)CC2)CN1c1ccc(C#N)c(Cl)c1. The van der Waals surface area contributed by atoms with Crippen LogP contribution in [0, 0.1) is 28.5 Å². The van der Waals surface area contributed by atoms with Gasteiger partial charge in [0.2, 0.25) is 11.8 Å². The topological polar surface area (TPSA) is 132 Å². The molecule has 0 aromatic heterocycles. The third kappa shape index (κ3) is 8.89. The minimum absolute atomic E-state index is 0.0934. The van der Waals surface area contributed by atoms with E-state index in [9.17, 15) is 24.4 Å². The summed E-state index contributed by atoms with van der Waals surface area (Å²) in [6.45, 7) is 10.8. The minimum Gasteiger partial charge on any atom is -0.371 e. The van der Waals surface area contributed by atoms with E-state index in [0.29, 0.717) is 28.2 Å². The summed E-state index contributed by atoms with van der Waals surface area (Å²) >= 11 is 6.38. The summed E-state index contributed by atoms with van der Waals surface area (Å²) in [6.07, 6.45) is 5.59. The molecule has 4 amide bonds. The van der Waals surface area contributed by atoms with Crippen LogP contribution in [0.3, 0.4) is 0 Å². The first-order valence-corrected chi connectivity index (χ1v) is 21.4. The molecule has 5 aliphatic rings. The zero-order valence-corrected chi connectivity index (χ0v) is 34.4. The maximum Gasteiger partial charge on any atom is 0.254 e. The van der Waals surface area contributed by atoms with Crippen molar-refractivity contribution in [3.63, 3.8) is 0 Å². The second-order valence-corrected chi connectivity index (χ2v) is 17.6. The van der Waals surface area contributed by atoms with E-state index in [2.05, 4.69) is 55.4 Å². The number of likely N-dealkylation sites (tertiary alicyclic amines) is 1. The van der Waals surface area contributed by atoms with Crippen LogP contribution in [0.1, 0.15) is 78.1 Å². The van der Waals surface area contributed by atoms with Crippen molar-refractivity contribution < 1.29 is 23.6 Å². The lowest BCUT2D eigenvalue weighted by atomic mass is 9.76. The molecule has 3 aromatic rings. The van der Waals surface area contributed by atoms with E-state index in [0.717, 1.165) is 114 Å². The Bertz CT molecular complexity index is 2120. The standard InChI is InChI=1S/C45H52ClFN8O4/c1-30-26-45(29-55(30)36-7-4-33(27-48)38(46)24-36)14-18-52(19-15-45)34-5-2-32(3-6-34)44(59)54-16-12-31(13-17-54)28-51-20-22-53(23-21-51)35-8-9-37(39(47)25-35)42(57)49-40-10-11-41(56)50-43(40)58/h2-9,24-25,30-31,40H,10-23,26,28-29H2,1H3,(H,49,57)(H,50,56,58)/t30-,40?/m0/s1. The molecule has 3 aromatic carbocycles. The zero-order chi connectivity index (χ0) is 41.3. The van der Waals surface area contributed by atoms with Crippen molar-refractivity contribution in [2.45, 2.75) is 64.0 Å². The number of nitriles is 1. The molecule has 5 heterocycles. The smallest absolute Gasteiger partial charge is 0.254 e. The highest BCUT2D eigenvalue weighted by molar-refractivity contribution is 6.32. The Morgan fingerprint density at radius 2 is 1.56 bits per heavy atom. The van der Waals surface area contributed by atoms with E-state index >= 15 is 4.39 Å². The van der Waals surface area contributed by atoms with Crippen molar-refractivity contribution in [3.8, 4) is 6.07 Å². The fraction of sp³-hybridized carbons (Fsp3) is 0.489. The highest BCUT2D eigenvalue weighted by Gasteiger charge is 2.44. The van der Waals surface area contributed by atoms with Gasteiger partial charge >= 0.3 is 0 Å². The van der Waals surface area contributed by atoms with Crippen molar-refractivity contribution in [2.24, 2.45) is 11.3 Å². The quantitative estimate of drug-likeness (QED) is 0.285. The number of anilines is 3. The Hall–Kier alpha value is -5.19. The van der Waals surface area contributed by atoms with E-state index < -0.39 is 23.7 Å². The molecule has 1 unspecified atom stereocenters. The number of hydrogen-bond donors (Lipinski definition) is 2. The van der Waals surface area contributed by atoms with Crippen LogP contribution < -0.4 is 25.3 Å².